The van der Waals surface area contributed by atoms with E-state index in [-0.39, 0.29) is 11.7 Å². The van der Waals surface area contributed by atoms with Crippen molar-refractivity contribution < 1.29 is 14.6 Å². The summed E-state index contributed by atoms with van der Waals surface area (Å²) < 4.78 is 5.28. The standard InChI is InChI=1S/C15H16N2O3S/c1-2-20-14-8-11(5-6-13(14)18)10-16-17-15(19)9-12-4-3-7-21-12/h3-8,10,18H,2,9H2,1H3,(H,17,19)/b16-10-. The van der Waals surface area contributed by atoms with E-state index in [9.17, 15) is 9.90 Å². The first kappa shape index (κ1) is 15.1. The summed E-state index contributed by atoms with van der Waals surface area (Å²) in [5.41, 5.74) is 3.20. The molecule has 0 aliphatic carbocycles. The molecule has 1 amide bonds. The highest BCUT2D eigenvalue weighted by atomic mass is 32.1. The van der Waals surface area contributed by atoms with Crippen molar-refractivity contribution in [3.8, 4) is 11.5 Å². The van der Waals surface area contributed by atoms with Crippen molar-refractivity contribution in [1.29, 1.82) is 0 Å². The van der Waals surface area contributed by atoms with Gasteiger partial charge in [0.2, 0.25) is 5.91 Å². The van der Waals surface area contributed by atoms with Crippen LogP contribution in [0.15, 0.2) is 40.8 Å². The number of nitrogens with one attached hydrogen (secondary N) is 1. The third-order valence-electron chi connectivity index (χ3n) is 2.60. The van der Waals surface area contributed by atoms with Crippen molar-refractivity contribution in [3.05, 3.63) is 46.2 Å². The Labute approximate surface area is 126 Å². The zero-order valence-electron chi connectivity index (χ0n) is 11.6. The van der Waals surface area contributed by atoms with Gasteiger partial charge >= 0.3 is 0 Å². The molecule has 0 fully saturated rings. The maximum atomic E-state index is 11.6. The molecule has 1 heterocycles. The number of amides is 1. The van der Waals surface area contributed by atoms with Crippen LogP contribution >= 0.6 is 11.3 Å². The molecule has 0 aliphatic heterocycles. The van der Waals surface area contributed by atoms with Crippen LogP contribution in [0.4, 0.5) is 0 Å². The smallest absolute Gasteiger partial charge is 0.245 e. The molecule has 21 heavy (non-hydrogen) atoms. The Morgan fingerprint density at radius 3 is 3.05 bits per heavy atom. The van der Waals surface area contributed by atoms with Crippen LogP contribution in [0.3, 0.4) is 0 Å². The summed E-state index contributed by atoms with van der Waals surface area (Å²) in [6, 6.07) is 8.69. The SMILES string of the molecule is CCOc1cc(/C=N\NC(=O)Cc2cccs2)ccc1O. The lowest BCUT2D eigenvalue weighted by atomic mass is 10.2. The van der Waals surface area contributed by atoms with Gasteiger partial charge in [-0.25, -0.2) is 5.43 Å². The molecular weight excluding hydrogens is 288 g/mol. The number of hydrazone groups is 1. The first-order chi connectivity index (χ1) is 10.2. The number of hydrogen-bond donors (Lipinski definition) is 2. The molecular formula is C15H16N2O3S. The maximum absolute atomic E-state index is 11.6. The van der Waals surface area contributed by atoms with Gasteiger partial charge in [-0.1, -0.05) is 6.07 Å². The molecule has 0 saturated carbocycles. The summed E-state index contributed by atoms with van der Waals surface area (Å²) in [5.74, 6) is 0.305. The summed E-state index contributed by atoms with van der Waals surface area (Å²) in [5, 5.41) is 15.4. The number of ether oxygens (including phenoxy) is 1. The van der Waals surface area contributed by atoms with Gasteiger partial charge in [-0.05, 0) is 42.1 Å². The van der Waals surface area contributed by atoms with E-state index >= 15 is 0 Å². The lowest BCUT2D eigenvalue weighted by Crippen LogP contribution is -2.19. The number of phenolic OH excluding ortho intramolecular Hbond substituents is 1. The van der Waals surface area contributed by atoms with Crippen LogP contribution in [0.5, 0.6) is 11.5 Å². The van der Waals surface area contributed by atoms with E-state index < -0.39 is 0 Å². The highest BCUT2D eigenvalue weighted by molar-refractivity contribution is 7.10. The zero-order chi connectivity index (χ0) is 15.1. The fourth-order valence-corrected chi connectivity index (χ4v) is 2.38. The largest absolute Gasteiger partial charge is 0.504 e. The van der Waals surface area contributed by atoms with E-state index in [0.29, 0.717) is 18.8 Å². The van der Waals surface area contributed by atoms with Gasteiger partial charge in [-0.3, -0.25) is 4.79 Å². The molecule has 0 bridgehead atoms. The quantitative estimate of drug-likeness (QED) is 0.636. The monoisotopic (exact) mass is 304 g/mol. The second kappa shape index (κ2) is 7.44. The Balaban J connectivity index is 1.91. The fourth-order valence-electron chi connectivity index (χ4n) is 1.67. The summed E-state index contributed by atoms with van der Waals surface area (Å²) in [7, 11) is 0. The van der Waals surface area contributed by atoms with Gasteiger partial charge in [0.1, 0.15) is 0 Å². The van der Waals surface area contributed by atoms with E-state index in [0.717, 1.165) is 10.4 Å². The Hall–Kier alpha value is -2.34. The third-order valence-corrected chi connectivity index (χ3v) is 3.48. The molecule has 0 atom stereocenters. The topological polar surface area (TPSA) is 70.9 Å². The summed E-state index contributed by atoms with van der Waals surface area (Å²) in [6.45, 7) is 2.30. The van der Waals surface area contributed by atoms with Crippen LogP contribution in [0.2, 0.25) is 0 Å². The molecule has 0 saturated heterocycles. The van der Waals surface area contributed by atoms with Gasteiger partial charge in [-0.2, -0.15) is 5.10 Å². The van der Waals surface area contributed by atoms with Crippen LogP contribution in [0, 0.1) is 0 Å². The minimum atomic E-state index is -0.169. The Bertz CT molecular complexity index is 624. The predicted molar refractivity (Wildman–Crippen MR) is 83.0 cm³/mol. The first-order valence-electron chi connectivity index (χ1n) is 6.49. The number of carbonyl (C=O) groups excluding carboxylic acids is 1. The molecule has 0 spiro atoms. The van der Waals surface area contributed by atoms with Crippen LogP contribution in [0.1, 0.15) is 17.4 Å². The van der Waals surface area contributed by atoms with Crippen LogP contribution in [0.25, 0.3) is 0 Å². The van der Waals surface area contributed by atoms with E-state index in [1.54, 1.807) is 12.1 Å². The number of aromatic hydroxyl groups is 1. The summed E-state index contributed by atoms with van der Waals surface area (Å²) in [6.07, 6.45) is 1.82. The number of thiophene rings is 1. The number of nitrogens with zero attached hydrogens (tertiary/aromatic N) is 1. The summed E-state index contributed by atoms with van der Waals surface area (Å²) >= 11 is 1.53. The van der Waals surface area contributed by atoms with Gasteiger partial charge in [0.15, 0.2) is 11.5 Å². The Kier molecular flexibility index (Phi) is 5.34. The van der Waals surface area contributed by atoms with Crippen molar-refractivity contribution in [2.45, 2.75) is 13.3 Å². The van der Waals surface area contributed by atoms with Gasteiger partial charge in [0, 0.05) is 4.88 Å². The van der Waals surface area contributed by atoms with Gasteiger partial charge in [0.05, 0.1) is 19.2 Å². The van der Waals surface area contributed by atoms with Crippen LogP contribution in [-0.2, 0) is 11.2 Å². The van der Waals surface area contributed by atoms with E-state index in [4.69, 9.17) is 4.74 Å². The Morgan fingerprint density at radius 1 is 1.48 bits per heavy atom. The van der Waals surface area contributed by atoms with Crippen molar-refractivity contribution >= 4 is 23.5 Å². The van der Waals surface area contributed by atoms with Crippen LogP contribution in [-0.4, -0.2) is 23.8 Å². The number of carbonyl (C=O) groups is 1. The molecule has 1 aromatic heterocycles. The molecule has 5 nitrogen and oxygen atoms in total. The summed E-state index contributed by atoms with van der Waals surface area (Å²) in [4.78, 5) is 12.6. The fraction of sp³-hybridized carbons (Fsp3) is 0.200. The number of rotatable bonds is 6. The van der Waals surface area contributed by atoms with Crippen molar-refractivity contribution in [2.75, 3.05) is 6.61 Å². The van der Waals surface area contributed by atoms with Gasteiger partial charge in [0.25, 0.3) is 0 Å². The van der Waals surface area contributed by atoms with Crippen molar-refractivity contribution in [3.63, 3.8) is 0 Å². The lowest BCUT2D eigenvalue weighted by molar-refractivity contribution is -0.120. The number of hydrogen-bond acceptors (Lipinski definition) is 5. The average molecular weight is 304 g/mol. The van der Waals surface area contributed by atoms with Crippen molar-refractivity contribution in [2.24, 2.45) is 5.10 Å². The maximum Gasteiger partial charge on any atom is 0.245 e. The normalized spacial score (nSPS) is 10.7. The minimum Gasteiger partial charge on any atom is -0.504 e. The second-order valence-corrected chi connectivity index (χ2v) is 5.24. The molecule has 0 unspecified atom stereocenters. The molecule has 2 aromatic rings. The molecule has 110 valence electrons. The minimum absolute atomic E-state index is 0.0794. The average Bonchev–Trinajstić information content (AvgIpc) is 2.95. The van der Waals surface area contributed by atoms with E-state index in [1.807, 2.05) is 24.4 Å². The second-order valence-electron chi connectivity index (χ2n) is 4.21. The molecule has 0 aliphatic rings. The first-order valence-corrected chi connectivity index (χ1v) is 7.37. The third kappa shape index (κ3) is 4.61. The molecule has 6 heteroatoms. The van der Waals surface area contributed by atoms with E-state index in [2.05, 4.69) is 10.5 Å². The zero-order valence-corrected chi connectivity index (χ0v) is 12.4. The highest BCUT2D eigenvalue weighted by Crippen LogP contribution is 2.26. The highest BCUT2D eigenvalue weighted by Gasteiger charge is 2.03. The van der Waals surface area contributed by atoms with Gasteiger partial charge < -0.3 is 9.84 Å². The Morgan fingerprint density at radius 2 is 2.33 bits per heavy atom. The van der Waals surface area contributed by atoms with Crippen molar-refractivity contribution in [1.82, 2.24) is 5.43 Å². The molecule has 2 rings (SSSR count). The molecule has 0 radical (unpaired) electrons. The van der Waals surface area contributed by atoms with Crippen LogP contribution < -0.4 is 10.2 Å². The van der Waals surface area contributed by atoms with E-state index in [1.165, 1.54) is 23.6 Å². The van der Waals surface area contributed by atoms with Gasteiger partial charge in [-0.15, -0.1) is 11.3 Å². The molecule has 1 aromatic carbocycles. The number of benzene rings is 1. The lowest BCUT2D eigenvalue weighted by Gasteiger charge is -2.05. The molecule has 2 N–H and O–H groups in total. The number of phenols is 1. The predicted octanol–water partition coefficient (Wildman–Crippen LogP) is 2.55.